The topological polar surface area (TPSA) is 196 Å². The van der Waals surface area contributed by atoms with E-state index in [9.17, 15) is 30.0 Å². The molecule has 0 saturated carbocycles. The van der Waals surface area contributed by atoms with E-state index in [2.05, 4.69) is 92.6 Å². The molecule has 0 amide bonds. The number of H-pyrrole nitrogens is 1. The summed E-state index contributed by atoms with van der Waals surface area (Å²) in [5.41, 5.74) is 9.36. The summed E-state index contributed by atoms with van der Waals surface area (Å²) < 4.78 is 20.8. The minimum atomic E-state index is -0.803. The van der Waals surface area contributed by atoms with Gasteiger partial charge in [-0.1, -0.05) is 102 Å². The number of aliphatic hydroxyl groups excluding tert-OH is 1. The first-order chi connectivity index (χ1) is 42.7. The summed E-state index contributed by atoms with van der Waals surface area (Å²) in [6, 6.07) is 28.8. The van der Waals surface area contributed by atoms with Gasteiger partial charge in [-0.3, -0.25) is 14.4 Å². The molecule has 0 unspecified atom stereocenters. The zero-order valence-corrected chi connectivity index (χ0v) is 49.7. The number of nitrogens with zero attached hydrogens (tertiary/aromatic N) is 2. The van der Waals surface area contributed by atoms with Crippen LogP contribution in [-0.2, 0) is 32.0 Å². The maximum absolute atomic E-state index is 15.5. The van der Waals surface area contributed by atoms with Crippen LogP contribution in [0.2, 0.25) is 0 Å². The smallest absolute Gasteiger partial charge is 0.302 e. The number of Topliss-reactive ketones (excluding diaryl/α,β-unsaturated/α-hetero) is 2. The van der Waals surface area contributed by atoms with Crippen molar-refractivity contribution in [2.75, 3.05) is 25.1 Å². The molecule has 4 heterocycles. The number of fused-ring (bicyclic) bond motifs is 3. The molecule has 6 N–H and O–H groups in total. The van der Waals surface area contributed by atoms with E-state index in [0.717, 1.165) is 73.3 Å². The minimum absolute atomic E-state index is 0.00170. The van der Waals surface area contributed by atoms with Crippen LogP contribution in [0.3, 0.4) is 0 Å². The largest absolute Gasteiger partial charge is 0.508 e. The van der Waals surface area contributed by atoms with E-state index in [4.69, 9.17) is 14.2 Å². The van der Waals surface area contributed by atoms with Gasteiger partial charge in [0.2, 0.25) is 5.75 Å². The molecule has 7 aromatic rings. The molecule has 14 heteroatoms. The highest BCUT2D eigenvalue weighted by atomic mass is 16.5. The predicted octanol–water partition coefficient (Wildman–Crippen LogP) is 13.4. The molecule has 1 spiro atoms. The lowest BCUT2D eigenvalue weighted by atomic mass is 9.53. The maximum atomic E-state index is 15.5. The summed E-state index contributed by atoms with van der Waals surface area (Å²) in [5.74, 6) is 7.05. The van der Waals surface area contributed by atoms with Gasteiger partial charge in [0.05, 0.1) is 30.9 Å². The van der Waals surface area contributed by atoms with E-state index in [-0.39, 0.29) is 83.1 Å². The number of dihydropyridines is 1. The van der Waals surface area contributed by atoms with E-state index in [1.165, 1.54) is 25.7 Å². The molecule has 88 heavy (non-hydrogen) atoms. The van der Waals surface area contributed by atoms with Crippen LogP contribution in [0.25, 0.3) is 10.8 Å². The Kier molecular flexibility index (Phi) is 15.7. The maximum Gasteiger partial charge on any atom is 0.302 e. The lowest BCUT2D eigenvalue weighted by molar-refractivity contribution is -0.148. The number of anilines is 1. The van der Waals surface area contributed by atoms with Crippen molar-refractivity contribution in [2.24, 2.45) is 11.3 Å². The number of rotatable bonds is 11. The molecule has 2 aromatic heterocycles. The standard InChI is InChI=1S/C74H72N4O10/c1-44(79)27-30-77-64-22-21-59-67(84)24-23-65-72(59)62(64)43-78(65)66(50-35-68(85)73(69(36-50)86-3)88-57-33-47(32-54(82)39-57)31-46-11-5-4-6-12-46)40-55(83)38-56(87-45(2)80)25-28-74-51-14-8-15-52(74)17-10-20-63(74)61-42-75-41-60(61)58(19-9-16-51)71(48-13-7-18-53(81)34-48)49-26-29-76-70(77)37-49/h4-8,10-15,18,20-22,26,32-37,39,41-43,52,56,58,63,66-67,71,75-76,81-82,84-85H,16-17,23-25,27-31,38,40H2,1-3H3/t52-,56-,58+,63-,66+,67-,71+,74-/m1/s1. The van der Waals surface area contributed by atoms with Gasteiger partial charge in [0.15, 0.2) is 11.5 Å². The van der Waals surface area contributed by atoms with E-state index >= 15 is 4.79 Å². The Morgan fingerprint density at radius 2 is 1.72 bits per heavy atom. The number of hydrogen-bond acceptors (Lipinski definition) is 12. The molecule has 2 aliphatic heterocycles. The zero-order chi connectivity index (χ0) is 60.8. The molecular formula is C74H72N4O10. The van der Waals surface area contributed by atoms with Gasteiger partial charge in [-0.25, -0.2) is 0 Å². The Morgan fingerprint density at radius 3 is 2.53 bits per heavy atom. The number of aliphatic hydroxyl groups is 1. The highest BCUT2D eigenvalue weighted by Gasteiger charge is 2.51. The molecule has 0 radical (unpaired) electrons. The zero-order valence-electron chi connectivity index (χ0n) is 49.7. The molecule has 6 aliphatic rings. The van der Waals surface area contributed by atoms with Gasteiger partial charge in [0.1, 0.15) is 40.7 Å². The van der Waals surface area contributed by atoms with Gasteiger partial charge in [-0.15, -0.1) is 0 Å². The van der Waals surface area contributed by atoms with Gasteiger partial charge < -0.3 is 54.4 Å². The monoisotopic (exact) mass is 1180 g/mol. The summed E-state index contributed by atoms with van der Waals surface area (Å²) in [4.78, 5) is 47.7. The summed E-state index contributed by atoms with van der Waals surface area (Å²) in [6.45, 7) is 3.70. The number of methoxy groups -OCH3 is 1. The van der Waals surface area contributed by atoms with Gasteiger partial charge >= 0.3 is 5.97 Å². The first-order valence-electron chi connectivity index (χ1n) is 30.6. The number of nitrogens with one attached hydrogen (secondary N) is 2. The highest BCUT2D eigenvalue weighted by molar-refractivity contribution is 6.00. The van der Waals surface area contributed by atoms with Crippen LogP contribution >= 0.6 is 0 Å². The molecule has 4 aliphatic carbocycles. The highest BCUT2D eigenvalue weighted by Crippen LogP contribution is 2.60. The fraction of sp³-hybridized carbons (Fsp3) is 0.311. The van der Waals surface area contributed by atoms with Crippen molar-refractivity contribution in [3.8, 4) is 46.3 Å². The number of carbonyl (C=O) groups is 3. The number of phenols is 3. The fourth-order valence-electron chi connectivity index (χ4n) is 15.1. The van der Waals surface area contributed by atoms with E-state index < -0.39 is 35.6 Å². The molecule has 13 rings (SSSR count). The van der Waals surface area contributed by atoms with Crippen molar-refractivity contribution in [1.29, 1.82) is 0 Å². The number of aryl methyl sites for hydroxylation is 1. The molecule has 0 saturated heterocycles. The van der Waals surface area contributed by atoms with E-state index in [0.29, 0.717) is 57.2 Å². The van der Waals surface area contributed by atoms with Crippen molar-refractivity contribution < 1.29 is 49.0 Å². The summed E-state index contributed by atoms with van der Waals surface area (Å²) >= 11 is 0. The number of carbonyl (C=O) groups excluding carboxylic acids is 3. The van der Waals surface area contributed by atoms with Crippen molar-refractivity contribution in [3.63, 3.8) is 0 Å². The van der Waals surface area contributed by atoms with Crippen LogP contribution in [0.5, 0.6) is 34.5 Å². The van der Waals surface area contributed by atoms with Crippen molar-refractivity contribution in [1.82, 2.24) is 14.9 Å². The molecule has 14 nitrogen and oxygen atoms in total. The number of aromatic amines is 1. The lowest BCUT2D eigenvalue weighted by Gasteiger charge is -2.50. The number of phenolic OH excluding ortho intramolecular Hbond substituents is 3. The number of aromatic hydroxyl groups is 3. The fourth-order valence-corrected chi connectivity index (χ4v) is 15.1. The number of ketones is 2. The van der Waals surface area contributed by atoms with Crippen LogP contribution in [0.4, 0.5) is 5.69 Å². The second-order valence-electron chi connectivity index (χ2n) is 24.4. The second-order valence-corrected chi connectivity index (χ2v) is 24.4. The molecule has 448 valence electrons. The Balaban J connectivity index is 1.00. The second kappa shape index (κ2) is 24.0. The number of hydrogen-bond donors (Lipinski definition) is 6. The molecule has 0 fully saturated rings. The number of allylic oxidation sites excluding steroid dienone is 8. The van der Waals surface area contributed by atoms with Crippen molar-refractivity contribution >= 4 is 34.0 Å². The first kappa shape index (κ1) is 57.6. The molecular weight excluding hydrogens is 1100 g/mol. The third-order valence-corrected chi connectivity index (χ3v) is 19.0. The van der Waals surface area contributed by atoms with Gasteiger partial charge in [0.25, 0.3) is 0 Å². The number of aromatic nitrogens is 2. The Bertz CT molecular complexity index is 4130. The Morgan fingerprint density at radius 1 is 0.864 bits per heavy atom. The Labute approximate surface area is 512 Å². The number of ether oxygens (including phenoxy) is 3. The summed E-state index contributed by atoms with van der Waals surface area (Å²) in [5, 5.41) is 51.7. The number of benzene rings is 5. The third-order valence-electron chi connectivity index (χ3n) is 19.0. The van der Waals surface area contributed by atoms with Crippen LogP contribution in [0, 0.1) is 23.2 Å². The van der Waals surface area contributed by atoms with Gasteiger partial charge in [0, 0.05) is 104 Å². The lowest BCUT2D eigenvalue weighted by Crippen LogP contribution is -2.41. The van der Waals surface area contributed by atoms with E-state index in [1.807, 2.05) is 60.8 Å². The summed E-state index contributed by atoms with van der Waals surface area (Å²) in [6.07, 6.45) is 23.8. The third kappa shape index (κ3) is 11.0. The summed E-state index contributed by atoms with van der Waals surface area (Å²) in [7, 11) is 1.48. The molecule has 5 aromatic carbocycles. The molecule has 6 bridgehead atoms. The SMILES string of the molecule is COc1cc([C@@H]2CC(=O)C[C@H](OC(C)=O)CC[C@@]34C5=CC=C[C@@H]3CC=C[C@@H]4c3c[nH]cc3[C@H](C#CC5)[C@@H](c3cccc(O)c3)C3=CCNC(=C3)N(CCC(C)=O)c3ccc4c5c(n2cc35)CC[C@H]4O)cc(O)c1Oc1cc(O)cc(Cc2ccccc2)c1. The van der Waals surface area contributed by atoms with E-state index in [1.54, 1.807) is 37.3 Å². The van der Waals surface area contributed by atoms with Crippen LogP contribution in [0.15, 0.2) is 175 Å². The van der Waals surface area contributed by atoms with Gasteiger partial charge in [-0.2, -0.15) is 0 Å². The van der Waals surface area contributed by atoms with Crippen molar-refractivity contribution in [2.45, 2.75) is 114 Å². The number of esters is 1. The van der Waals surface area contributed by atoms with Crippen LogP contribution in [-0.4, -0.2) is 73.8 Å². The van der Waals surface area contributed by atoms with Gasteiger partial charge in [-0.05, 0) is 144 Å². The first-order valence-corrected chi connectivity index (χ1v) is 30.6. The minimum Gasteiger partial charge on any atom is -0.508 e. The van der Waals surface area contributed by atoms with Crippen LogP contribution < -0.4 is 19.7 Å². The quantitative estimate of drug-likeness (QED) is 0.0408. The molecule has 8 atom stereocenters. The van der Waals surface area contributed by atoms with Crippen LogP contribution in [0.1, 0.15) is 140 Å². The average Bonchev–Trinajstić information content (AvgIpc) is 1.48. The Hall–Kier alpha value is -9.45. The normalized spacial score (nSPS) is 23.8. The predicted molar refractivity (Wildman–Crippen MR) is 338 cm³/mol. The van der Waals surface area contributed by atoms with Crippen molar-refractivity contribution in [3.05, 3.63) is 220 Å². The average molecular weight is 1180 g/mol.